The minimum atomic E-state index is -0.681. The molecule has 2 aliphatic heterocycles. The zero-order chi connectivity index (χ0) is 42.6. The van der Waals surface area contributed by atoms with E-state index in [0.717, 1.165) is 25.7 Å². The fraction of sp³-hybridized carbons (Fsp3) is 0.540. The smallest absolute Gasteiger partial charge is 0.315 e. The van der Waals surface area contributed by atoms with E-state index in [4.69, 9.17) is 0 Å². The van der Waals surface area contributed by atoms with Crippen molar-refractivity contribution in [2.75, 3.05) is 32.7 Å². The molecule has 2 saturated heterocycles. The summed E-state index contributed by atoms with van der Waals surface area (Å²) in [6.07, 6.45) is 16.3. The molecular weight excluding hydrogens is 765 g/mol. The number of nitrogens with one attached hydrogen (secondary N) is 4. The topological polar surface area (TPSA) is 140 Å². The maximum atomic E-state index is 13.9. The summed E-state index contributed by atoms with van der Waals surface area (Å²) in [7, 11) is 0. The second kappa shape index (κ2) is 21.6. The molecule has 11 heteroatoms. The van der Waals surface area contributed by atoms with Gasteiger partial charge >= 0.3 is 6.03 Å². The number of urea groups is 1. The highest BCUT2D eigenvalue weighted by atomic mass is 16.2. The van der Waals surface area contributed by atoms with Crippen molar-refractivity contribution in [1.82, 2.24) is 31.1 Å². The number of likely N-dealkylation sites (tertiary alicyclic amines) is 2. The van der Waals surface area contributed by atoms with E-state index in [9.17, 15) is 24.0 Å². The highest BCUT2D eigenvalue weighted by Crippen LogP contribution is 2.42. The molecule has 0 bridgehead atoms. The van der Waals surface area contributed by atoms with Crippen LogP contribution in [0.4, 0.5) is 4.79 Å². The van der Waals surface area contributed by atoms with Crippen LogP contribution in [0.25, 0.3) is 0 Å². The average molecular weight is 831 g/mol. The Morgan fingerprint density at radius 1 is 0.541 bits per heavy atom. The van der Waals surface area contributed by atoms with Gasteiger partial charge in [0.25, 0.3) is 11.8 Å². The lowest BCUT2D eigenvalue weighted by Gasteiger charge is -2.19. The third kappa shape index (κ3) is 12.2. The molecule has 3 aromatic carbocycles. The Labute approximate surface area is 362 Å². The Hall–Kier alpha value is -5.19. The van der Waals surface area contributed by atoms with E-state index >= 15 is 0 Å². The zero-order valence-electron chi connectivity index (χ0n) is 36.0. The van der Waals surface area contributed by atoms with E-state index < -0.39 is 11.8 Å². The summed E-state index contributed by atoms with van der Waals surface area (Å²) in [5, 5.41) is 12.4. The van der Waals surface area contributed by atoms with Gasteiger partial charge in [0.2, 0.25) is 11.8 Å². The number of unbranched alkanes of at least 4 members (excludes halogenated alkanes) is 10. The maximum Gasteiger partial charge on any atom is 0.315 e. The second-order valence-electron chi connectivity index (χ2n) is 17.9. The van der Waals surface area contributed by atoms with Crippen LogP contribution < -0.4 is 21.3 Å². The quantitative estimate of drug-likeness (QED) is 0.0822. The average Bonchev–Trinajstić information content (AvgIpc) is 4.12. The number of carbonyl (C=O) groups excluding carboxylic acids is 5. The predicted molar refractivity (Wildman–Crippen MR) is 238 cm³/mol. The summed E-state index contributed by atoms with van der Waals surface area (Å²) in [6, 6.07) is 26.5. The van der Waals surface area contributed by atoms with Crippen molar-refractivity contribution in [3.63, 3.8) is 0 Å². The lowest BCUT2D eigenvalue weighted by atomic mass is 9.94. The van der Waals surface area contributed by atoms with Gasteiger partial charge in [-0.25, -0.2) is 4.79 Å². The van der Waals surface area contributed by atoms with Crippen LogP contribution in [-0.2, 0) is 9.59 Å². The molecule has 0 radical (unpaired) electrons. The van der Waals surface area contributed by atoms with Crippen molar-refractivity contribution in [2.24, 2.45) is 11.8 Å². The first-order chi connectivity index (χ1) is 29.8. The molecule has 11 nitrogen and oxygen atoms in total. The number of nitrogens with zero attached hydrogens (tertiary/aromatic N) is 2. The fourth-order valence-corrected chi connectivity index (χ4v) is 9.34. The Balaban J connectivity index is 0.862. The van der Waals surface area contributed by atoms with Crippen LogP contribution in [0.15, 0.2) is 84.9 Å². The monoisotopic (exact) mass is 831 g/mol. The maximum absolute atomic E-state index is 13.9. The first-order valence-electron chi connectivity index (χ1n) is 23.2. The molecule has 0 unspecified atom stereocenters. The van der Waals surface area contributed by atoms with Crippen molar-refractivity contribution < 1.29 is 24.0 Å². The summed E-state index contributed by atoms with van der Waals surface area (Å²) >= 11 is 0. The molecule has 7 atom stereocenters. The zero-order valence-corrected chi connectivity index (χ0v) is 36.0. The van der Waals surface area contributed by atoms with E-state index in [2.05, 4.69) is 52.5 Å². The van der Waals surface area contributed by atoms with E-state index in [-0.39, 0.29) is 72.7 Å². The lowest BCUT2D eigenvalue weighted by molar-refractivity contribution is -0.133. The van der Waals surface area contributed by atoms with E-state index in [0.29, 0.717) is 37.2 Å². The van der Waals surface area contributed by atoms with Crippen LogP contribution in [0, 0.1) is 11.8 Å². The van der Waals surface area contributed by atoms with Gasteiger partial charge in [-0.3, -0.25) is 19.2 Å². The number of carbonyl (C=O) groups is 5. The minimum Gasteiger partial charge on any atom is -0.352 e. The third-order valence-electron chi connectivity index (χ3n) is 13.2. The molecule has 2 saturated carbocycles. The van der Waals surface area contributed by atoms with Gasteiger partial charge < -0.3 is 31.1 Å². The molecule has 0 spiro atoms. The van der Waals surface area contributed by atoms with Crippen LogP contribution in [0.2, 0.25) is 0 Å². The normalized spacial score (nSPS) is 23.9. The van der Waals surface area contributed by atoms with E-state index in [1.165, 1.54) is 68.9 Å². The lowest BCUT2D eigenvalue weighted by Crippen LogP contribution is -2.44. The van der Waals surface area contributed by atoms with Crippen molar-refractivity contribution in [2.45, 2.75) is 127 Å². The fourth-order valence-electron chi connectivity index (χ4n) is 9.34. The predicted octanol–water partition coefficient (Wildman–Crippen LogP) is 7.54. The molecule has 3 aromatic rings. The number of amides is 6. The van der Waals surface area contributed by atoms with Gasteiger partial charge in [-0.05, 0) is 61.1 Å². The number of benzene rings is 3. The first kappa shape index (κ1) is 43.9. The van der Waals surface area contributed by atoms with Gasteiger partial charge in [-0.15, -0.1) is 0 Å². The summed E-state index contributed by atoms with van der Waals surface area (Å²) in [5.74, 6) is -1.70. The number of rotatable bonds is 21. The van der Waals surface area contributed by atoms with Gasteiger partial charge in [-0.2, -0.15) is 0 Å². The van der Waals surface area contributed by atoms with Crippen molar-refractivity contribution >= 4 is 29.7 Å². The molecule has 326 valence electrons. The van der Waals surface area contributed by atoms with Crippen molar-refractivity contribution in [3.05, 3.63) is 107 Å². The highest BCUT2D eigenvalue weighted by molar-refractivity contribution is 5.99. The van der Waals surface area contributed by atoms with Crippen LogP contribution in [-0.4, -0.2) is 90.3 Å². The van der Waals surface area contributed by atoms with Gasteiger partial charge in [-0.1, -0.05) is 132 Å². The molecule has 4 N–H and O–H groups in total. The molecule has 2 heterocycles. The SMILES string of the molecule is CCCCCCCCCCCCCNC(=O)N[C@@H]1CCN(C(=O)c2ccc(C(=O)N3C[C@@H](C(=O)N[C@H]4C[C@@H]4c4ccccc4)[C@H](C(=O)N[C@H]4C[C@@H]4c4ccccc4)C3)cc2)C1. The van der Waals surface area contributed by atoms with Crippen LogP contribution >= 0.6 is 0 Å². The molecule has 2 aliphatic carbocycles. The molecule has 6 amide bonds. The summed E-state index contributed by atoms with van der Waals surface area (Å²) in [5.41, 5.74) is 3.22. The largest absolute Gasteiger partial charge is 0.352 e. The minimum absolute atomic E-state index is 0.00206. The van der Waals surface area contributed by atoms with E-state index in [1.54, 1.807) is 34.1 Å². The standard InChI is InChI=1S/C50H66N6O5/c1-2-3-4-5-6-7-8-9-10-11-18-28-51-50(61)52-39-27-29-55(32-39)48(59)37-23-25-38(26-24-37)49(60)56-33-42(46(57)53-44-30-40(44)35-19-14-12-15-20-35)43(34-56)47(58)54-45-31-41(45)36-21-16-13-17-22-36/h12-17,19-26,39-45H,2-11,18,27-34H2,1H3,(H,53,57)(H,54,58)(H2,51,52,61)/t39-,40-,41-,42-,43-,44+,45+/m1/s1. The molecular formula is C50H66N6O5. The second-order valence-corrected chi connectivity index (χ2v) is 17.9. The Kier molecular flexibility index (Phi) is 15.5. The molecule has 7 rings (SSSR count). The van der Waals surface area contributed by atoms with Crippen molar-refractivity contribution in [3.8, 4) is 0 Å². The van der Waals surface area contributed by atoms with Crippen LogP contribution in [0.3, 0.4) is 0 Å². The van der Waals surface area contributed by atoms with Crippen LogP contribution in [0.1, 0.15) is 140 Å². The summed E-state index contributed by atoms with van der Waals surface area (Å²) in [6.45, 7) is 4.12. The number of hydrogen-bond acceptors (Lipinski definition) is 5. The summed E-state index contributed by atoms with van der Waals surface area (Å²) < 4.78 is 0. The first-order valence-corrected chi connectivity index (χ1v) is 23.2. The highest BCUT2D eigenvalue weighted by Gasteiger charge is 2.49. The Morgan fingerprint density at radius 3 is 1.49 bits per heavy atom. The molecule has 4 fully saturated rings. The molecule has 61 heavy (non-hydrogen) atoms. The van der Waals surface area contributed by atoms with Crippen molar-refractivity contribution in [1.29, 1.82) is 0 Å². The summed E-state index contributed by atoms with van der Waals surface area (Å²) in [4.78, 5) is 71.0. The third-order valence-corrected chi connectivity index (χ3v) is 13.2. The van der Waals surface area contributed by atoms with Gasteiger partial charge in [0.1, 0.15) is 0 Å². The molecule has 0 aromatic heterocycles. The van der Waals surface area contributed by atoms with Gasteiger partial charge in [0, 0.05) is 73.8 Å². The Morgan fingerprint density at radius 2 is 1.00 bits per heavy atom. The van der Waals surface area contributed by atoms with Gasteiger partial charge in [0.05, 0.1) is 11.8 Å². The van der Waals surface area contributed by atoms with E-state index in [1.807, 2.05) is 36.4 Å². The van der Waals surface area contributed by atoms with Crippen LogP contribution in [0.5, 0.6) is 0 Å². The van der Waals surface area contributed by atoms with Gasteiger partial charge in [0.15, 0.2) is 0 Å². The number of hydrogen-bond donors (Lipinski definition) is 4. The molecule has 4 aliphatic rings. The Bertz CT molecular complexity index is 1850.